The highest BCUT2D eigenvalue weighted by Crippen LogP contribution is 2.16. The Labute approximate surface area is 76.6 Å². The molecule has 0 bridgehead atoms. The molecular weight excluding hydrogens is 166 g/mol. The van der Waals surface area contributed by atoms with E-state index in [0.29, 0.717) is 5.56 Å². The first kappa shape index (κ1) is 9.32. The smallest absolute Gasteiger partial charge is 0.124 e. The first-order valence-corrected chi connectivity index (χ1v) is 3.88. The number of benzene rings is 1. The summed E-state index contributed by atoms with van der Waals surface area (Å²) in [5.74, 6) is 0.102. The molecule has 0 radical (unpaired) electrons. The van der Waals surface area contributed by atoms with Crippen molar-refractivity contribution < 1.29 is 10.3 Å². The van der Waals surface area contributed by atoms with Crippen LogP contribution < -0.4 is 0 Å². The highest BCUT2D eigenvalue weighted by atomic mass is 16.4. The molecule has 0 heterocycles. The average molecular weight is 177 g/mol. The Kier molecular flexibility index (Phi) is 3.09. The Morgan fingerprint density at radius 3 is 2.85 bits per heavy atom. The van der Waals surface area contributed by atoms with E-state index < -0.39 is 0 Å². The van der Waals surface area contributed by atoms with E-state index in [4.69, 9.17) is 5.21 Å². The molecule has 0 amide bonds. The molecule has 0 aliphatic rings. The van der Waals surface area contributed by atoms with Crippen LogP contribution in [-0.2, 0) is 6.42 Å². The van der Waals surface area contributed by atoms with Crippen molar-refractivity contribution >= 4 is 6.21 Å². The molecule has 1 aromatic rings. The summed E-state index contributed by atoms with van der Waals surface area (Å²) in [4.78, 5) is 0. The zero-order valence-corrected chi connectivity index (χ0v) is 7.14. The van der Waals surface area contributed by atoms with E-state index in [1.165, 1.54) is 6.21 Å². The van der Waals surface area contributed by atoms with Crippen molar-refractivity contribution in [3.8, 4) is 5.75 Å². The highest BCUT2D eigenvalue weighted by molar-refractivity contribution is 5.83. The third-order valence-corrected chi connectivity index (χ3v) is 1.67. The largest absolute Gasteiger partial charge is 0.507 e. The Morgan fingerprint density at radius 2 is 2.23 bits per heavy atom. The molecule has 0 fully saturated rings. The number of phenolic OH excluding ortho intramolecular Hbond substituents is 1. The summed E-state index contributed by atoms with van der Waals surface area (Å²) in [5, 5.41) is 20.5. The number of rotatable bonds is 3. The van der Waals surface area contributed by atoms with Crippen LogP contribution >= 0.6 is 0 Å². The summed E-state index contributed by atoms with van der Waals surface area (Å²) in [6, 6.07) is 5.11. The van der Waals surface area contributed by atoms with Crippen molar-refractivity contribution in [2.45, 2.75) is 6.42 Å². The van der Waals surface area contributed by atoms with Crippen LogP contribution in [0.5, 0.6) is 5.75 Å². The number of hydrogen-bond donors (Lipinski definition) is 2. The van der Waals surface area contributed by atoms with E-state index in [9.17, 15) is 5.11 Å². The minimum atomic E-state index is 0.102. The second-order valence-corrected chi connectivity index (χ2v) is 2.63. The highest BCUT2D eigenvalue weighted by Gasteiger charge is 1.99. The van der Waals surface area contributed by atoms with Crippen molar-refractivity contribution in [3.63, 3.8) is 0 Å². The summed E-state index contributed by atoms with van der Waals surface area (Å²) in [6.07, 6.45) is 3.70. The maximum Gasteiger partial charge on any atom is 0.124 e. The summed E-state index contributed by atoms with van der Waals surface area (Å²) < 4.78 is 0. The lowest BCUT2D eigenvalue weighted by atomic mass is 10.1. The summed E-state index contributed by atoms with van der Waals surface area (Å²) in [7, 11) is 0. The number of allylic oxidation sites excluding steroid dienone is 1. The lowest BCUT2D eigenvalue weighted by Crippen LogP contribution is -1.87. The molecule has 0 saturated heterocycles. The molecule has 3 nitrogen and oxygen atoms in total. The Balaban J connectivity index is 3.03. The van der Waals surface area contributed by atoms with Gasteiger partial charge in [-0.1, -0.05) is 17.3 Å². The molecule has 0 aliphatic carbocycles. The van der Waals surface area contributed by atoms with Gasteiger partial charge in [-0.2, -0.15) is 0 Å². The molecule has 68 valence electrons. The lowest BCUT2D eigenvalue weighted by molar-refractivity contribution is 0.321. The fourth-order valence-electron chi connectivity index (χ4n) is 1.06. The molecule has 2 N–H and O–H groups in total. The van der Waals surface area contributed by atoms with Crippen LogP contribution in [0.3, 0.4) is 0 Å². The average Bonchev–Trinajstić information content (AvgIpc) is 2.12. The van der Waals surface area contributed by atoms with Gasteiger partial charge < -0.3 is 10.3 Å². The molecule has 1 rings (SSSR count). The Hall–Kier alpha value is -1.77. The minimum absolute atomic E-state index is 0.102. The molecule has 0 spiro atoms. The minimum Gasteiger partial charge on any atom is -0.507 e. The molecule has 1 aromatic carbocycles. The van der Waals surface area contributed by atoms with E-state index >= 15 is 0 Å². The van der Waals surface area contributed by atoms with E-state index in [-0.39, 0.29) is 5.75 Å². The van der Waals surface area contributed by atoms with Crippen LogP contribution in [0.2, 0.25) is 0 Å². The van der Waals surface area contributed by atoms with Crippen LogP contribution in [0.15, 0.2) is 36.0 Å². The van der Waals surface area contributed by atoms with Gasteiger partial charge in [0.1, 0.15) is 5.75 Å². The topological polar surface area (TPSA) is 52.8 Å². The molecule has 0 aromatic heterocycles. The maximum atomic E-state index is 9.31. The summed E-state index contributed by atoms with van der Waals surface area (Å²) >= 11 is 0. The number of aromatic hydroxyl groups is 1. The molecule has 0 atom stereocenters. The van der Waals surface area contributed by atoms with Gasteiger partial charge in [-0.15, -0.1) is 6.58 Å². The zero-order chi connectivity index (χ0) is 9.68. The SMILES string of the molecule is C=CCc1ccc(O)c(C=NO)c1. The standard InChI is InChI=1S/C10H11NO2/c1-2-3-8-4-5-10(12)9(6-8)7-11-13/h2,4-7,12-13H,1,3H2. The number of oxime groups is 1. The van der Waals surface area contributed by atoms with Crippen molar-refractivity contribution in [1.29, 1.82) is 0 Å². The van der Waals surface area contributed by atoms with E-state index in [2.05, 4.69) is 11.7 Å². The van der Waals surface area contributed by atoms with E-state index in [1.807, 2.05) is 0 Å². The monoisotopic (exact) mass is 177 g/mol. The number of hydrogen-bond acceptors (Lipinski definition) is 3. The van der Waals surface area contributed by atoms with Crippen molar-refractivity contribution in [1.82, 2.24) is 0 Å². The Morgan fingerprint density at radius 1 is 1.46 bits per heavy atom. The third-order valence-electron chi connectivity index (χ3n) is 1.67. The third kappa shape index (κ3) is 2.33. The molecule has 13 heavy (non-hydrogen) atoms. The van der Waals surface area contributed by atoms with Gasteiger partial charge in [0.15, 0.2) is 0 Å². The van der Waals surface area contributed by atoms with Crippen LogP contribution in [0, 0.1) is 0 Å². The van der Waals surface area contributed by atoms with E-state index in [0.717, 1.165) is 12.0 Å². The van der Waals surface area contributed by atoms with Gasteiger partial charge >= 0.3 is 0 Å². The van der Waals surface area contributed by atoms with Gasteiger partial charge in [-0.05, 0) is 24.1 Å². The van der Waals surface area contributed by atoms with Gasteiger partial charge in [0.25, 0.3) is 0 Å². The number of phenols is 1. The first-order chi connectivity index (χ1) is 6.27. The molecule has 0 aliphatic heterocycles. The van der Waals surface area contributed by atoms with Gasteiger partial charge in [0.2, 0.25) is 0 Å². The van der Waals surface area contributed by atoms with Crippen LogP contribution in [0.4, 0.5) is 0 Å². The predicted octanol–water partition coefficient (Wildman–Crippen LogP) is 1.93. The van der Waals surface area contributed by atoms with Crippen LogP contribution in [0.25, 0.3) is 0 Å². The maximum absolute atomic E-state index is 9.31. The van der Waals surface area contributed by atoms with Gasteiger partial charge in [-0.25, -0.2) is 0 Å². The van der Waals surface area contributed by atoms with Crippen molar-refractivity contribution in [2.24, 2.45) is 5.16 Å². The van der Waals surface area contributed by atoms with Crippen molar-refractivity contribution in [3.05, 3.63) is 42.0 Å². The fraction of sp³-hybridized carbons (Fsp3) is 0.100. The molecule has 0 unspecified atom stereocenters. The van der Waals surface area contributed by atoms with Crippen LogP contribution in [0.1, 0.15) is 11.1 Å². The summed E-state index contributed by atoms with van der Waals surface area (Å²) in [6.45, 7) is 3.61. The normalized spacial score (nSPS) is 10.5. The van der Waals surface area contributed by atoms with E-state index in [1.54, 1.807) is 24.3 Å². The summed E-state index contributed by atoms with van der Waals surface area (Å²) in [5.41, 5.74) is 1.52. The second-order valence-electron chi connectivity index (χ2n) is 2.63. The van der Waals surface area contributed by atoms with Gasteiger partial charge in [0, 0.05) is 5.56 Å². The molecule has 3 heteroatoms. The van der Waals surface area contributed by atoms with Crippen molar-refractivity contribution in [2.75, 3.05) is 0 Å². The van der Waals surface area contributed by atoms with Gasteiger partial charge in [-0.3, -0.25) is 0 Å². The quantitative estimate of drug-likeness (QED) is 0.321. The fourth-order valence-corrected chi connectivity index (χ4v) is 1.06. The first-order valence-electron chi connectivity index (χ1n) is 3.88. The molecular formula is C10H11NO2. The van der Waals surface area contributed by atoms with Gasteiger partial charge in [0.05, 0.1) is 6.21 Å². The zero-order valence-electron chi connectivity index (χ0n) is 7.14. The molecule has 0 saturated carbocycles. The Bertz CT molecular complexity index is 332. The predicted molar refractivity (Wildman–Crippen MR) is 51.4 cm³/mol. The van der Waals surface area contributed by atoms with Crippen LogP contribution in [-0.4, -0.2) is 16.5 Å². The second kappa shape index (κ2) is 4.30. The number of nitrogens with zero attached hydrogens (tertiary/aromatic N) is 1. The lowest BCUT2D eigenvalue weighted by Gasteiger charge is -2.00.